The number of rotatable bonds is 0. The van der Waals surface area contributed by atoms with E-state index >= 15 is 0 Å². The number of carboxylic acid groups (broad SMARTS) is 2. The maximum absolute atomic E-state index is 8.33. The van der Waals surface area contributed by atoms with Crippen LogP contribution in [-0.2, 0) is 0 Å². The predicted octanol–water partition coefficient (Wildman–Crippen LogP) is -4.21. The van der Waals surface area contributed by atoms with Crippen LogP contribution in [0.25, 0.3) is 0 Å². The first-order chi connectivity index (χ1) is 1.73. The molecule has 40 valence electrons. The molecule has 5 nitrogen and oxygen atoms in total. The maximum Gasteiger partial charge on any atom is 2.00 e. The van der Waals surface area contributed by atoms with E-state index < -0.39 is 6.16 Å². The van der Waals surface area contributed by atoms with Gasteiger partial charge in [0, 0.05) is 0 Å². The van der Waals surface area contributed by atoms with Crippen LogP contribution in [0.15, 0.2) is 0 Å². The van der Waals surface area contributed by atoms with Gasteiger partial charge in [-0.25, -0.2) is 0 Å². The molecule has 0 bridgehead atoms. The van der Waals surface area contributed by atoms with Gasteiger partial charge in [0.05, 0.1) is 0 Å². The topological polar surface area (TPSA) is 125 Å². The number of carbonyl (C=O) groups excluding carboxylic acids is 1. The summed E-state index contributed by atoms with van der Waals surface area (Å²) in [6, 6.07) is 0. The average Bonchev–Trinajstić information content (AvgIpc) is 0.811. The second-order valence-electron chi connectivity index (χ2n) is 0.250. The number of hydrogen-bond donors (Lipinski definition) is 0. The van der Waals surface area contributed by atoms with Crippen LogP contribution < -0.4 is 10.2 Å². The van der Waals surface area contributed by atoms with E-state index in [1.165, 1.54) is 0 Å². The van der Waals surface area contributed by atoms with Crippen molar-refractivity contribution in [2.45, 2.75) is 0 Å². The quantitative estimate of drug-likeness (QED) is 0.407. The first-order valence-corrected chi connectivity index (χ1v) is 0.612. The Morgan fingerprint density at radius 2 is 1.25 bits per heavy atom. The van der Waals surface area contributed by atoms with Gasteiger partial charge in [-0.05, 0) is 6.16 Å². The summed E-state index contributed by atoms with van der Waals surface area (Å²) in [5.41, 5.74) is 0. The average molecular weight is 257 g/mol. The van der Waals surface area contributed by atoms with Crippen molar-refractivity contribution in [3.63, 3.8) is 0 Å². The first-order valence-electron chi connectivity index (χ1n) is 0.612. The van der Waals surface area contributed by atoms with Gasteiger partial charge in [0.15, 0.2) is 0 Å². The van der Waals surface area contributed by atoms with Crippen LogP contribution in [0.4, 0.5) is 4.79 Å². The zero-order valence-corrected chi connectivity index (χ0v) is 9.94. The summed E-state index contributed by atoms with van der Waals surface area (Å²) in [4.78, 5) is 8.33. The third-order valence-corrected chi connectivity index (χ3v) is 0. The van der Waals surface area contributed by atoms with Crippen molar-refractivity contribution in [1.29, 1.82) is 0 Å². The van der Waals surface area contributed by atoms with Gasteiger partial charge in [-0.15, -0.1) is 0 Å². The summed E-state index contributed by atoms with van der Waals surface area (Å²) in [5.74, 6) is 0. The van der Waals surface area contributed by atoms with Gasteiger partial charge in [-0.3, -0.25) is 0 Å². The zero-order valence-electron chi connectivity index (χ0n) is 4.09. The maximum atomic E-state index is 8.33. The van der Waals surface area contributed by atoms with E-state index in [9.17, 15) is 0 Å². The van der Waals surface area contributed by atoms with E-state index in [1.807, 2.05) is 0 Å². The summed E-state index contributed by atoms with van der Waals surface area (Å²) < 4.78 is 0. The molecule has 0 radical (unpaired) electrons. The molecule has 0 aliphatic rings. The summed E-state index contributed by atoms with van der Waals surface area (Å²) in [6.45, 7) is 0. The smallest absolute Gasteiger partial charge is 0.870 e. The SMILES string of the molecule is O.O=C([O-])[O-].[Ba+2].[Mg+2].[OH-]. The molecule has 0 aromatic rings. The molecule has 0 aromatic carbocycles. The molecule has 0 atom stereocenters. The Morgan fingerprint density at radius 3 is 1.25 bits per heavy atom. The molecule has 0 rings (SSSR count). The predicted molar refractivity (Wildman–Crippen MR) is 22.5 cm³/mol. The third kappa shape index (κ3) is 137. The Balaban J connectivity index is -0.00000000750. The van der Waals surface area contributed by atoms with E-state index in [4.69, 9.17) is 15.0 Å². The molecule has 0 saturated carbocycles. The second-order valence-corrected chi connectivity index (χ2v) is 0.250. The fourth-order valence-corrected chi connectivity index (χ4v) is 0. The minimum Gasteiger partial charge on any atom is -0.870 e. The van der Waals surface area contributed by atoms with Crippen molar-refractivity contribution < 1.29 is 26.0 Å². The molecule has 0 spiro atoms. The minimum absolute atomic E-state index is 0. The zero-order chi connectivity index (χ0) is 3.58. The van der Waals surface area contributed by atoms with E-state index in [-0.39, 0.29) is 82.9 Å². The Bertz CT molecular complexity index is 35.4. The second kappa shape index (κ2) is 23.6. The van der Waals surface area contributed by atoms with Crippen molar-refractivity contribution in [1.82, 2.24) is 0 Å². The van der Waals surface area contributed by atoms with Crippen LogP contribution in [0.1, 0.15) is 0 Å². The molecule has 3 N–H and O–H groups in total. The summed E-state index contributed by atoms with van der Waals surface area (Å²) in [5, 5.41) is 16.7. The van der Waals surface area contributed by atoms with Crippen LogP contribution in [0, 0.1) is 0 Å². The Hall–Kier alpha value is 1.53. The molecular formula is CH3BaMgO5+. The van der Waals surface area contributed by atoms with E-state index in [0.717, 1.165) is 0 Å². The van der Waals surface area contributed by atoms with Crippen LogP contribution in [0.3, 0.4) is 0 Å². The molecule has 0 saturated heterocycles. The molecule has 8 heavy (non-hydrogen) atoms. The summed E-state index contributed by atoms with van der Waals surface area (Å²) >= 11 is 0. The molecule has 0 aliphatic carbocycles. The van der Waals surface area contributed by atoms with Gasteiger partial charge in [-0.2, -0.15) is 0 Å². The van der Waals surface area contributed by atoms with Gasteiger partial charge in [0.2, 0.25) is 0 Å². The fourth-order valence-electron chi connectivity index (χ4n) is 0. The molecule has 0 heterocycles. The number of carbonyl (C=O) groups is 1. The Kier molecular flexibility index (Phi) is 99.6. The van der Waals surface area contributed by atoms with Gasteiger partial charge in [0.25, 0.3) is 0 Å². The Labute approximate surface area is 102 Å². The molecule has 7 heteroatoms. The van der Waals surface area contributed by atoms with Gasteiger partial charge < -0.3 is 26.0 Å². The van der Waals surface area contributed by atoms with Gasteiger partial charge in [-0.1, -0.05) is 0 Å². The van der Waals surface area contributed by atoms with E-state index in [1.54, 1.807) is 0 Å². The van der Waals surface area contributed by atoms with Crippen LogP contribution in [0.5, 0.6) is 0 Å². The normalized spacial score (nSPS) is 3.00. The summed E-state index contributed by atoms with van der Waals surface area (Å²) in [6.07, 6.45) is -2.33. The fraction of sp³-hybridized carbons (Fsp3) is 0. The Morgan fingerprint density at radius 1 is 1.25 bits per heavy atom. The molecule has 0 unspecified atom stereocenters. The van der Waals surface area contributed by atoms with Crippen LogP contribution >= 0.6 is 0 Å². The van der Waals surface area contributed by atoms with Crippen LogP contribution in [0.2, 0.25) is 0 Å². The van der Waals surface area contributed by atoms with Crippen molar-refractivity contribution in [2.24, 2.45) is 0 Å². The van der Waals surface area contributed by atoms with Gasteiger partial charge in [0.1, 0.15) is 0 Å². The van der Waals surface area contributed by atoms with Gasteiger partial charge >= 0.3 is 71.9 Å². The first kappa shape index (κ1) is 33.8. The largest absolute Gasteiger partial charge is 2.00 e. The molecular weight excluding hydrogens is 254 g/mol. The van der Waals surface area contributed by atoms with E-state index in [0.29, 0.717) is 0 Å². The molecule has 0 fully saturated rings. The van der Waals surface area contributed by atoms with Crippen molar-refractivity contribution in [2.75, 3.05) is 0 Å². The molecule has 0 amide bonds. The van der Waals surface area contributed by atoms with Crippen molar-refractivity contribution >= 4 is 78.1 Å². The number of hydrogen-bond acceptors (Lipinski definition) is 4. The third-order valence-electron chi connectivity index (χ3n) is 0. The minimum atomic E-state index is -2.33. The monoisotopic (exact) mass is 257 g/mol. The van der Waals surface area contributed by atoms with Crippen LogP contribution in [-0.4, -0.2) is 89.0 Å². The summed E-state index contributed by atoms with van der Waals surface area (Å²) in [7, 11) is 0. The van der Waals surface area contributed by atoms with E-state index in [2.05, 4.69) is 0 Å². The van der Waals surface area contributed by atoms with Crippen molar-refractivity contribution in [3.8, 4) is 0 Å². The van der Waals surface area contributed by atoms with Crippen molar-refractivity contribution in [3.05, 3.63) is 0 Å². The standard InChI is InChI=1S/CH2O3.Ba.Mg.2H2O/c2-1(3)4;;;;/h(H2,2,3,4);;;2*1H2/q;2*+2;;/p-3. The molecule has 0 aromatic heterocycles. The molecule has 0 aliphatic heterocycles.